The maximum atomic E-state index is 13.1. The zero-order valence-corrected chi connectivity index (χ0v) is 16.8. The zero-order chi connectivity index (χ0) is 20.6. The highest BCUT2D eigenvalue weighted by molar-refractivity contribution is 7.99. The van der Waals surface area contributed by atoms with E-state index >= 15 is 0 Å². The number of methoxy groups -OCH3 is 1. The van der Waals surface area contributed by atoms with Crippen LogP contribution in [0.5, 0.6) is 5.75 Å². The van der Waals surface area contributed by atoms with Gasteiger partial charge in [0.2, 0.25) is 0 Å². The molecule has 0 fully saturated rings. The monoisotopic (exact) mass is 413 g/mol. The Kier molecular flexibility index (Phi) is 6.96. The van der Waals surface area contributed by atoms with Gasteiger partial charge in [-0.2, -0.15) is 5.10 Å². The second-order valence-electron chi connectivity index (χ2n) is 5.92. The molecule has 7 nitrogen and oxygen atoms in total. The molecule has 2 aromatic carbocycles. The molecule has 1 amide bonds. The lowest BCUT2D eigenvalue weighted by atomic mass is 10.2. The van der Waals surface area contributed by atoms with Crippen molar-refractivity contribution in [2.24, 2.45) is 5.10 Å². The first-order chi connectivity index (χ1) is 14.1. The van der Waals surface area contributed by atoms with Crippen molar-refractivity contribution in [2.45, 2.75) is 18.6 Å². The largest absolute Gasteiger partial charge is 0.497 e. The summed E-state index contributed by atoms with van der Waals surface area (Å²) in [5.41, 5.74) is 3.90. The van der Waals surface area contributed by atoms with Crippen LogP contribution in [0.3, 0.4) is 0 Å². The molecule has 0 unspecified atom stereocenters. The molecule has 3 rings (SSSR count). The standard InChI is InChI=1S/C20H20FN5O2S/c1-3-26-19(15-7-9-17(28-2)10-8-15)24-25-20(26)29-13-18(27)23-22-12-14-5-4-6-16(21)11-14/h4-12H,3,13H2,1-2H3,(H,23,27)/b22-12+. The third-order valence-electron chi connectivity index (χ3n) is 3.97. The average Bonchev–Trinajstić information content (AvgIpc) is 3.15. The van der Waals surface area contributed by atoms with Crippen molar-refractivity contribution in [3.63, 3.8) is 0 Å². The fourth-order valence-corrected chi connectivity index (χ4v) is 3.36. The molecule has 29 heavy (non-hydrogen) atoms. The summed E-state index contributed by atoms with van der Waals surface area (Å²) in [4.78, 5) is 12.0. The normalized spacial score (nSPS) is 11.0. The van der Waals surface area contributed by atoms with Crippen LogP contribution >= 0.6 is 11.8 Å². The van der Waals surface area contributed by atoms with Crippen molar-refractivity contribution < 1.29 is 13.9 Å². The predicted molar refractivity (Wildman–Crippen MR) is 111 cm³/mol. The van der Waals surface area contributed by atoms with Crippen LogP contribution in [0.15, 0.2) is 58.8 Å². The molecule has 1 N–H and O–H groups in total. The van der Waals surface area contributed by atoms with Crippen LogP contribution in [0, 0.1) is 5.82 Å². The fourth-order valence-electron chi connectivity index (χ4n) is 2.56. The number of thioether (sulfide) groups is 1. The summed E-state index contributed by atoms with van der Waals surface area (Å²) in [6.45, 7) is 2.65. The lowest BCUT2D eigenvalue weighted by molar-refractivity contribution is -0.118. The van der Waals surface area contributed by atoms with Gasteiger partial charge < -0.3 is 9.30 Å². The van der Waals surface area contributed by atoms with Crippen LogP contribution < -0.4 is 10.2 Å². The lowest BCUT2D eigenvalue weighted by Crippen LogP contribution is -2.20. The minimum atomic E-state index is -0.359. The van der Waals surface area contributed by atoms with E-state index in [1.807, 2.05) is 35.8 Å². The molecule has 150 valence electrons. The number of hydrazone groups is 1. The molecule has 0 spiro atoms. The summed E-state index contributed by atoms with van der Waals surface area (Å²) in [5.74, 6) is 0.964. The van der Waals surface area contributed by atoms with Crippen molar-refractivity contribution in [3.8, 4) is 17.1 Å². The molecule has 0 aliphatic heterocycles. The van der Waals surface area contributed by atoms with Crippen molar-refractivity contribution in [1.29, 1.82) is 0 Å². The van der Waals surface area contributed by atoms with Crippen molar-refractivity contribution in [2.75, 3.05) is 12.9 Å². The SMILES string of the molecule is CCn1c(SCC(=O)N/N=C/c2cccc(F)c2)nnc1-c1ccc(OC)cc1. The topological polar surface area (TPSA) is 81.4 Å². The van der Waals surface area contributed by atoms with E-state index in [0.29, 0.717) is 17.3 Å². The van der Waals surface area contributed by atoms with Crippen LogP contribution in [0.25, 0.3) is 11.4 Å². The lowest BCUT2D eigenvalue weighted by Gasteiger charge is -2.07. The van der Waals surface area contributed by atoms with E-state index in [2.05, 4.69) is 20.7 Å². The minimum absolute atomic E-state index is 0.126. The average molecular weight is 413 g/mol. The maximum absolute atomic E-state index is 13.1. The van der Waals surface area contributed by atoms with Crippen LogP contribution in [0.4, 0.5) is 4.39 Å². The number of ether oxygens (including phenoxy) is 1. The summed E-state index contributed by atoms with van der Waals surface area (Å²) >= 11 is 1.27. The Morgan fingerprint density at radius 2 is 2.07 bits per heavy atom. The van der Waals surface area contributed by atoms with Gasteiger partial charge in [-0.3, -0.25) is 4.79 Å². The molecule has 0 bridgehead atoms. The first-order valence-electron chi connectivity index (χ1n) is 8.88. The van der Waals surface area contributed by atoms with E-state index in [0.717, 1.165) is 17.1 Å². The number of nitrogens with one attached hydrogen (secondary N) is 1. The summed E-state index contributed by atoms with van der Waals surface area (Å²) in [7, 11) is 1.62. The molecule has 0 radical (unpaired) electrons. The van der Waals surface area contributed by atoms with Crippen LogP contribution in [-0.2, 0) is 11.3 Å². The summed E-state index contributed by atoms with van der Waals surface area (Å²) in [5, 5.41) is 12.9. The molecule has 1 aromatic heterocycles. The number of carbonyl (C=O) groups is 1. The quantitative estimate of drug-likeness (QED) is 0.348. The van der Waals surface area contributed by atoms with Crippen molar-refractivity contribution in [1.82, 2.24) is 20.2 Å². The van der Waals surface area contributed by atoms with Gasteiger partial charge in [-0.15, -0.1) is 10.2 Å². The molecule has 0 atom stereocenters. The highest BCUT2D eigenvalue weighted by atomic mass is 32.2. The van der Waals surface area contributed by atoms with Gasteiger partial charge in [0.1, 0.15) is 11.6 Å². The highest BCUT2D eigenvalue weighted by Gasteiger charge is 2.14. The number of hydrogen-bond donors (Lipinski definition) is 1. The van der Waals surface area contributed by atoms with E-state index in [-0.39, 0.29) is 17.5 Å². The highest BCUT2D eigenvalue weighted by Crippen LogP contribution is 2.25. The van der Waals surface area contributed by atoms with Gasteiger partial charge in [0.15, 0.2) is 11.0 Å². The van der Waals surface area contributed by atoms with E-state index < -0.39 is 0 Å². The molecule has 0 aliphatic rings. The Hall–Kier alpha value is -3.20. The van der Waals surface area contributed by atoms with Gasteiger partial charge in [-0.1, -0.05) is 23.9 Å². The van der Waals surface area contributed by atoms with Crippen molar-refractivity contribution >= 4 is 23.9 Å². The van der Waals surface area contributed by atoms with Gasteiger partial charge in [0.05, 0.1) is 19.1 Å². The second kappa shape index (κ2) is 9.83. The predicted octanol–water partition coefficient (Wildman–Crippen LogP) is 3.36. The number of carbonyl (C=O) groups excluding carboxylic acids is 1. The summed E-state index contributed by atoms with van der Waals surface area (Å²) < 4.78 is 20.2. The van der Waals surface area contributed by atoms with Gasteiger partial charge in [-0.25, -0.2) is 9.82 Å². The Bertz CT molecular complexity index is 1000. The molecule has 9 heteroatoms. The summed E-state index contributed by atoms with van der Waals surface area (Å²) in [6.07, 6.45) is 1.39. The third kappa shape index (κ3) is 5.41. The minimum Gasteiger partial charge on any atom is -0.497 e. The van der Waals surface area contributed by atoms with E-state index in [1.54, 1.807) is 19.2 Å². The Morgan fingerprint density at radius 3 is 2.76 bits per heavy atom. The second-order valence-corrected chi connectivity index (χ2v) is 6.86. The van der Waals surface area contributed by atoms with E-state index in [9.17, 15) is 9.18 Å². The number of aromatic nitrogens is 3. The number of benzene rings is 2. The Balaban J connectivity index is 1.60. The summed E-state index contributed by atoms with van der Waals surface area (Å²) in [6, 6.07) is 13.5. The molecule has 0 aliphatic carbocycles. The first kappa shape index (κ1) is 20.5. The third-order valence-corrected chi connectivity index (χ3v) is 4.93. The maximum Gasteiger partial charge on any atom is 0.250 e. The van der Waals surface area contributed by atoms with Gasteiger partial charge in [0, 0.05) is 12.1 Å². The Labute approximate surface area is 172 Å². The zero-order valence-electron chi connectivity index (χ0n) is 16.0. The fraction of sp³-hybridized carbons (Fsp3) is 0.200. The molecule has 0 saturated carbocycles. The number of rotatable bonds is 8. The van der Waals surface area contributed by atoms with Gasteiger partial charge in [-0.05, 0) is 48.9 Å². The molecule has 0 saturated heterocycles. The Morgan fingerprint density at radius 1 is 1.28 bits per heavy atom. The van der Waals surface area contributed by atoms with Crippen LogP contribution in [-0.4, -0.2) is 39.7 Å². The van der Waals surface area contributed by atoms with E-state index in [1.165, 1.54) is 30.1 Å². The van der Waals surface area contributed by atoms with Crippen molar-refractivity contribution in [3.05, 3.63) is 59.9 Å². The molecule has 1 heterocycles. The molecular weight excluding hydrogens is 393 g/mol. The van der Waals surface area contributed by atoms with Gasteiger partial charge in [0.25, 0.3) is 5.91 Å². The number of hydrogen-bond acceptors (Lipinski definition) is 6. The number of halogens is 1. The smallest absolute Gasteiger partial charge is 0.250 e. The number of amides is 1. The molecule has 3 aromatic rings. The molecular formula is C20H20FN5O2S. The van der Waals surface area contributed by atoms with E-state index in [4.69, 9.17) is 4.74 Å². The first-order valence-corrected chi connectivity index (χ1v) is 9.87. The van der Waals surface area contributed by atoms with Gasteiger partial charge >= 0.3 is 0 Å². The number of nitrogens with zero attached hydrogens (tertiary/aromatic N) is 4. The van der Waals surface area contributed by atoms with Crippen LogP contribution in [0.2, 0.25) is 0 Å². The van der Waals surface area contributed by atoms with Crippen LogP contribution in [0.1, 0.15) is 12.5 Å².